The average Bonchev–Trinajstić information content (AvgIpc) is 1.66. The summed E-state index contributed by atoms with van der Waals surface area (Å²) in [6, 6.07) is 0. The van der Waals surface area contributed by atoms with E-state index in [-0.39, 0.29) is 11.5 Å². The fraction of sp³-hybridized carbons (Fsp3) is 0.600. The van der Waals surface area contributed by atoms with Crippen LogP contribution in [0.4, 0.5) is 0 Å². The van der Waals surface area contributed by atoms with E-state index in [0.29, 0.717) is 6.42 Å². The van der Waals surface area contributed by atoms with Gasteiger partial charge >= 0.3 is 0 Å². The van der Waals surface area contributed by atoms with E-state index in [1.165, 1.54) is 0 Å². The standard InChI is InChI=1S/C5H7NO2/c1-2-3-4-5-6(7)8/h4-5H2,1H3. The van der Waals surface area contributed by atoms with E-state index >= 15 is 0 Å². The maximum absolute atomic E-state index is 9.61. The Hall–Kier alpha value is -1.04. The van der Waals surface area contributed by atoms with Gasteiger partial charge in [0.05, 0.1) is 6.42 Å². The molecule has 0 aromatic rings. The summed E-state index contributed by atoms with van der Waals surface area (Å²) in [6.07, 6.45) is 0.365. The van der Waals surface area contributed by atoms with Crippen LogP contribution in [0, 0.1) is 22.0 Å². The first-order valence-corrected chi connectivity index (χ1v) is 2.28. The van der Waals surface area contributed by atoms with Crippen LogP contribution in [0.2, 0.25) is 0 Å². The van der Waals surface area contributed by atoms with Crippen molar-refractivity contribution in [3.05, 3.63) is 10.1 Å². The van der Waals surface area contributed by atoms with Gasteiger partial charge in [0.25, 0.3) is 0 Å². The number of nitrogens with zero attached hydrogens (tertiary/aromatic N) is 1. The van der Waals surface area contributed by atoms with Gasteiger partial charge in [-0.3, -0.25) is 10.1 Å². The van der Waals surface area contributed by atoms with Crippen molar-refractivity contribution in [2.45, 2.75) is 13.3 Å². The van der Waals surface area contributed by atoms with E-state index in [0.717, 1.165) is 0 Å². The highest BCUT2D eigenvalue weighted by atomic mass is 16.6. The maximum Gasteiger partial charge on any atom is 0.214 e. The molecule has 0 fully saturated rings. The monoisotopic (exact) mass is 113 g/mol. The van der Waals surface area contributed by atoms with Crippen LogP contribution >= 0.6 is 0 Å². The predicted octanol–water partition coefficient (Wildman–Crippen LogP) is 0.677. The molecule has 0 bridgehead atoms. The number of nitro groups is 1. The van der Waals surface area contributed by atoms with Gasteiger partial charge in [-0.05, 0) is 6.92 Å². The maximum atomic E-state index is 9.61. The zero-order chi connectivity index (χ0) is 6.41. The molecule has 0 heterocycles. The van der Waals surface area contributed by atoms with Crippen molar-refractivity contribution in [2.75, 3.05) is 6.54 Å². The van der Waals surface area contributed by atoms with Crippen LogP contribution in [-0.4, -0.2) is 11.5 Å². The van der Waals surface area contributed by atoms with Crippen molar-refractivity contribution in [2.24, 2.45) is 0 Å². The van der Waals surface area contributed by atoms with Crippen molar-refractivity contribution in [3.63, 3.8) is 0 Å². The molecular formula is C5H7NO2. The first-order chi connectivity index (χ1) is 3.77. The molecule has 0 unspecified atom stereocenters. The van der Waals surface area contributed by atoms with Crippen LogP contribution in [0.25, 0.3) is 0 Å². The molecule has 0 spiro atoms. The molecule has 0 aliphatic rings. The molecule has 0 N–H and O–H groups in total. The SMILES string of the molecule is CC#CCC[N+](=O)[O-]. The van der Waals surface area contributed by atoms with Gasteiger partial charge < -0.3 is 0 Å². The van der Waals surface area contributed by atoms with Crippen LogP contribution in [-0.2, 0) is 0 Å². The molecule has 0 radical (unpaired) electrons. The van der Waals surface area contributed by atoms with Gasteiger partial charge in [0, 0.05) is 4.92 Å². The second-order valence-electron chi connectivity index (χ2n) is 1.23. The van der Waals surface area contributed by atoms with Crippen LogP contribution in [0.5, 0.6) is 0 Å². The van der Waals surface area contributed by atoms with Gasteiger partial charge in [-0.25, -0.2) is 0 Å². The fourth-order valence-corrected chi connectivity index (χ4v) is 0.272. The Bertz CT molecular complexity index is 131. The smallest absolute Gasteiger partial charge is 0.214 e. The summed E-state index contributed by atoms with van der Waals surface area (Å²) in [5, 5.41) is 9.61. The lowest BCUT2D eigenvalue weighted by molar-refractivity contribution is -0.478. The molecule has 0 aromatic heterocycles. The summed E-state index contributed by atoms with van der Waals surface area (Å²) >= 11 is 0. The van der Waals surface area contributed by atoms with E-state index in [2.05, 4.69) is 11.8 Å². The lowest BCUT2D eigenvalue weighted by Crippen LogP contribution is -1.97. The van der Waals surface area contributed by atoms with Crippen LogP contribution in [0.15, 0.2) is 0 Å². The minimum atomic E-state index is -0.371. The minimum absolute atomic E-state index is 0.0408. The lowest BCUT2D eigenvalue weighted by Gasteiger charge is -1.81. The summed E-state index contributed by atoms with van der Waals surface area (Å²) < 4.78 is 0. The molecule has 0 saturated heterocycles. The van der Waals surface area contributed by atoms with Gasteiger partial charge in [0.2, 0.25) is 6.54 Å². The molecule has 0 amide bonds. The largest absolute Gasteiger partial charge is 0.265 e. The Balaban J connectivity index is 3.14. The predicted molar refractivity (Wildman–Crippen MR) is 29.9 cm³/mol. The zero-order valence-corrected chi connectivity index (χ0v) is 4.68. The Kier molecular flexibility index (Phi) is 3.59. The molecule has 0 aliphatic carbocycles. The number of hydrogen-bond donors (Lipinski definition) is 0. The molecule has 3 heteroatoms. The van der Waals surface area contributed by atoms with Crippen LogP contribution in [0.1, 0.15) is 13.3 Å². The molecule has 0 saturated carbocycles. The Morgan fingerprint density at radius 3 is 2.75 bits per heavy atom. The van der Waals surface area contributed by atoms with Gasteiger partial charge in [0.15, 0.2) is 0 Å². The van der Waals surface area contributed by atoms with E-state index < -0.39 is 0 Å². The molecule has 0 atom stereocenters. The summed E-state index contributed by atoms with van der Waals surface area (Å²) in [7, 11) is 0. The topological polar surface area (TPSA) is 43.1 Å². The van der Waals surface area contributed by atoms with Gasteiger partial charge in [-0.15, -0.1) is 5.92 Å². The highest BCUT2D eigenvalue weighted by Gasteiger charge is 1.89. The van der Waals surface area contributed by atoms with Crippen molar-refractivity contribution >= 4 is 0 Å². The highest BCUT2D eigenvalue weighted by molar-refractivity contribution is 4.94. The zero-order valence-electron chi connectivity index (χ0n) is 4.68. The molecule has 3 nitrogen and oxygen atoms in total. The van der Waals surface area contributed by atoms with E-state index in [4.69, 9.17) is 0 Å². The summed E-state index contributed by atoms with van der Waals surface area (Å²) in [6.45, 7) is 1.63. The van der Waals surface area contributed by atoms with E-state index in [1.54, 1.807) is 6.92 Å². The number of hydrogen-bond acceptors (Lipinski definition) is 2. The van der Waals surface area contributed by atoms with Gasteiger partial charge in [0.1, 0.15) is 0 Å². The third-order valence-electron chi connectivity index (χ3n) is 0.596. The average molecular weight is 113 g/mol. The Morgan fingerprint density at radius 2 is 2.38 bits per heavy atom. The van der Waals surface area contributed by atoms with Crippen LogP contribution < -0.4 is 0 Å². The molecule has 0 aliphatic heterocycles. The second-order valence-corrected chi connectivity index (χ2v) is 1.23. The van der Waals surface area contributed by atoms with E-state index in [9.17, 15) is 10.1 Å². The number of rotatable bonds is 2. The first kappa shape index (κ1) is 6.96. The lowest BCUT2D eigenvalue weighted by atomic mass is 10.4. The Labute approximate surface area is 47.9 Å². The van der Waals surface area contributed by atoms with Gasteiger partial charge in [-0.2, -0.15) is 0 Å². The normalized spacial score (nSPS) is 7.12. The van der Waals surface area contributed by atoms with Crippen molar-refractivity contribution in [1.29, 1.82) is 0 Å². The molecule has 44 valence electrons. The molecule has 0 aromatic carbocycles. The van der Waals surface area contributed by atoms with Gasteiger partial charge in [-0.1, -0.05) is 5.92 Å². The molecule has 0 rings (SSSR count). The second kappa shape index (κ2) is 4.13. The first-order valence-electron chi connectivity index (χ1n) is 2.28. The highest BCUT2D eigenvalue weighted by Crippen LogP contribution is 1.74. The summed E-state index contributed by atoms with van der Waals surface area (Å²) in [5.41, 5.74) is 0. The fourth-order valence-electron chi connectivity index (χ4n) is 0.272. The Morgan fingerprint density at radius 1 is 1.75 bits per heavy atom. The van der Waals surface area contributed by atoms with Crippen molar-refractivity contribution in [3.8, 4) is 11.8 Å². The third-order valence-corrected chi connectivity index (χ3v) is 0.596. The van der Waals surface area contributed by atoms with Crippen molar-refractivity contribution < 1.29 is 4.92 Å². The summed E-state index contributed by atoms with van der Waals surface area (Å²) in [4.78, 5) is 9.24. The van der Waals surface area contributed by atoms with Crippen molar-refractivity contribution in [1.82, 2.24) is 0 Å². The third kappa shape index (κ3) is 4.96. The summed E-state index contributed by atoms with van der Waals surface area (Å²) in [5.74, 6) is 5.16. The molecular weight excluding hydrogens is 106 g/mol. The minimum Gasteiger partial charge on any atom is -0.265 e. The van der Waals surface area contributed by atoms with Crippen LogP contribution in [0.3, 0.4) is 0 Å². The quantitative estimate of drug-likeness (QED) is 0.300. The van der Waals surface area contributed by atoms with E-state index in [1.807, 2.05) is 0 Å². The molecule has 8 heavy (non-hydrogen) atoms.